The average molecular weight is 293 g/mol. The minimum Gasteiger partial charge on any atom is -0.368 e. The second kappa shape index (κ2) is 4.05. The minimum atomic E-state index is -0.398. The van der Waals surface area contributed by atoms with Crippen LogP contribution in [0.4, 0.5) is 0 Å². The van der Waals surface area contributed by atoms with Gasteiger partial charge in [-0.05, 0) is 17.7 Å². The second-order valence-electron chi connectivity index (χ2n) is 2.32. The maximum Gasteiger partial charge on any atom is 0.235 e. The molecule has 1 unspecified atom stereocenters. The van der Waals surface area contributed by atoms with Crippen molar-refractivity contribution in [2.75, 3.05) is 0 Å². The lowest BCUT2D eigenvalue weighted by atomic mass is 10.1. The zero-order valence-corrected chi connectivity index (χ0v) is 9.30. The Hall–Kier alpha value is -0.350. The van der Waals surface area contributed by atoms with E-state index >= 15 is 0 Å². The lowest BCUT2D eigenvalue weighted by molar-refractivity contribution is -0.117. The third-order valence-corrected chi connectivity index (χ3v) is 2.92. The molecule has 0 radical (unpaired) electrons. The van der Waals surface area contributed by atoms with Gasteiger partial charge in [0, 0.05) is 4.47 Å². The molecule has 0 aliphatic rings. The number of carbonyl (C=O) groups excluding carboxylic acids is 1. The number of hydrogen-bond donors (Lipinski definition) is 1. The maximum absolute atomic E-state index is 10.7. The number of alkyl halides is 1. The Bertz CT molecular complexity index is 284. The van der Waals surface area contributed by atoms with Crippen LogP contribution in [0.15, 0.2) is 28.7 Å². The number of benzene rings is 1. The molecule has 0 heterocycles. The lowest BCUT2D eigenvalue weighted by Crippen LogP contribution is -2.16. The molecule has 4 heteroatoms. The number of amides is 1. The van der Waals surface area contributed by atoms with Gasteiger partial charge in [-0.1, -0.05) is 44.0 Å². The summed E-state index contributed by atoms with van der Waals surface area (Å²) >= 11 is 6.49. The smallest absolute Gasteiger partial charge is 0.235 e. The number of hydrogen-bond acceptors (Lipinski definition) is 1. The first-order chi connectivity index (χ1) is 5.61. The Morgan fingerprint density at radius 3 is 2.25 bits per heavy atom. The first-order valence-electron chi connectivity index (χ1n) is 3.30. The van der Waals surface area contributed by atoms with Crippen LogP contribution in [0.2, 0.25) is 0 Å². The summed E-state index contributed by atoms with van der Waals surface area (Å²) in [5.41, 5.74) is 5.97. The molecule has 1 atom stereocenters. The highest BCUT2D eigenvalue weighted by molar-refractivity contribution is 9.10. The van der Waals surface area contributed by atoms with Crippen molar-refractivity contribution in [3.63, 3.8) is 0 Å². The minimum absolute atomic E-state index is 0.377. The molecular weight excluding hydrogens is 286 g/mol. The summed E-state index contributed by atoms with van der Waals surface area (Å²) < 4.78 is 0.982. The average Bonchev–Trinajstić information content (AvgIpc) is 2.04. The van der Waals surface area contributed by atoms with Gasteiger partial charge in [0.1, 0.15) is 4.83 Å². The summed E-state index contributed by atoms with van der Waals surface area (Å²) in [7, 11) is 0. The van der Waals surface area contributed by atoms with Crippen molar-refractivity contribution in [3.8, 4) is 0 Å². The van der Waals surface area contributed by atoms with Crippen LogP contribution >= 0.6 is 31.9 Å². The van der Waals surface area contributed by atoms with Crippen LogP contribution in [-0.4, -0.2) is 5.91 Å². The highest BCUT2D eigenvalue weighted by Gasteiger charge is 2.12. The molecular formula is C8H7Br2NO. The summed E-state index contributed by atoms with van der Waals surface area (Å²) in [6, 6.07) is 7.42. The summed E-state index contributed by atoms with van der Waals surface area (Å²) in [4.78, 5) is 10.4. The molecule has 64 valence electrons. The van der Waals surface area contributed by atoms with E-state index in [9.17, 15) is 4.79 Å². The van der Waals surface area contributed by atoms with Crippen molar-refractivity contribution in [1.82, 2.24) is 0 Å². The van der Waals surface area contributed by atoms with Gasteiger partial charge in [0.15, 0.2) is 0 Å². The van der Waals surface area contributed by atoms with Gasteiger partial charge in [-0.25, -0.2) is 0 Å². The van der Waals surface area contributed by atoms with Crippen LogP contribution in [0.3, 0.4) is 0 Å². The lowest BCUT2D eigenvalue weighted by Gasteiger charge is -2.04. The third-order valence-electron chi connectivity index (χ3n) is 1.41. The van der Waals surface area contributed by atoms with Crippen molar-refractivity contribution in [1.29, 1.82) is 0 Å². The third kappa shape index (κ3) is 2.32. The molecule has 2 N–H and O–H groups in total. The van der Waals surface area contributed by atoms with Gasteiger partial charge in [-0.3, -0.25) is 4.79 Å². The molecule has 1 aromatic rings. The molecule has 12 heavy (non-hydrogen) atoms. The van der Waals surface area contributed by atoms with Crippen LogP contribution in [0.5, 0.6) is 0 Å². The second-order valence-corrected chi connectivity index (χ2v) is 4.15. The summed E-state index contributed by atoms with van der Waals surface area (Å²) in [6.07, 6.45) is 0. The van der Waals surface area contributed by atoms with Crippen molar-refractivity contribution >= 4 is 37.8 Å². The predicted octanol–water partition coefficient (Wildman–Crippen LogP) is 2.37. The normalized spacial score (nSPS) is 12.5. The molecule has 1 aromatic carbocycles. The highest BCUT2D eigenvalue weighted by atomic mass is 79.9. The Morgan fingerprint density at radius 2 is 1.83 bits per heavy atom. The van der Waals surface area contributed by atoms with E-state index in [2.05, 4.69) is 31.9 Å². The van der Waals surface area contributed by atoms with E-state index in [1.165, 1.54) is 0 Å². The monoisotopic (exact) mass is 291 g/mol. The van der Waals surface area contributed by atoms with E-state index in [1.54, 1.807) is 0 Å². The van der Waals surface area contributed by atoms with E-state index in [0.717, 1.165) is 10.0 Å². The van der Waals surface area contributed by atoms with Crippen LogP contribution in [-0.2, 0) is 4.79 Å². The molecule has 0 aromatic heterocycles. The zero-order valence-electron chi connectivity index (χ0n) is 6.13. The molecule has 1 amide bonds. The van der Waals surface area contributed by atoms with Crippen molar-refractivity contribution in [2.24, 2.45) is 5.73 Å². The zero-order chi connectivity index (χ0) is 9.14. The van der Waals surface area contributed by atoms with Crippen molar-refractivity contribution < 1.29 is 4.79 Å². The Kier molecular flexibility index (Phi) is 3.29. The van der Waals surface area contributed by atoms with E-state index < -0.39 is 4.83 Å². The first kappa shape index (κ1) is 9.74. The van der Waals surface area contributed by atoms with Crippen molar-refractivity contribution in [2.45, 2.75) is 4.83 Å². The number of nitrogens with two attached hydrogens (primary N) is 1. The van der Waals surface area contributed by atoms with Crippen LogP contribution in [0.25, 0.3) is 0 Å². The van der Waals surface area contributed by atoms with Crippen LogP contribution in [0, 0.1) is 0 Å². The SMILES string of the molecule is NC(=O)C(Br)c1ccc(Br)cc1. The van der Waals surface area contributed by atoms with E-state index in [4.69, 9.17) is 5.73 Å². The van der Waals surface area contributed by atoms with E-state index in [0.29, 0.717) is 0 Å². The fourth-order valence-electron chi connectivity index (χ4n) is 0.796. The largest absolute Gasteiger partial charge is 0.368 e. The molecule has 0 fully saturated rings. The van der Waals surface area contributed by atoms with Crippen LogP contribution < -0.4 is 5.73 Å². The molecule has 0 aliphatic heterocycles. The van der Waals surface area contributed by atoms with E-state index in [1.807, 2.05) is 24.3 Å². The Morgan fingerprint density at radius 1 is 1.33 bits per heavy atom. The number of rotatable bonds is 2. The van der Waals surface area contributed by atoms with Gasteiger partial charge in [-0.2, -0.15) is 0 Å². The van der Waals surface area contributed by atoms with Gasteiger partial charge in [0.05, 0.1) is 0 Å². The summed E-state index contributed by atoms with van der Waals surface area (Å²) in [5, 5.41) is 0. The molecule has 0 aliphatic carbocycles. The number of carbonyl (C=O) groups is 1. The predicted molar refractivity (Wildman–Crippen MR) is 55.0 cm³/mol. The topological polar surface area (TPSA) is 43.1 Å². The quantitative estimate of drug-likeness (QED) is 0.836. The molecule has 0 saturated heterocycles. The molecule has 0 bridgehead atoms. The summed E-state index contributed by atoms with van der Waals surface area (Å²) in [5.74, 6) is -0.377. The molecule has 1 rings (SSSR count). The van der Waals surface area contributed by atoms with Gasteiger partial charge in [-0.15, -0.1) is 0 Å². The van der Waals surface area contributed by atoms with Crippen molar-refractivity contribution in [3.05, 3.63) is 34.3 Å². The Balaban J connectivity index is 2.89. The highest BCUT2D eigenvalue weighted by Crippen LogP contribution is 2.23. The van der Waals surface area contributed by atoms with Gasteiger partial charge >= 0.3 is 0 Å². The number of halogens is 2. The number of primary amides is 1. The fourth-order valence-corrected chi connectivity index (χ4v) is 1.37. The molecule has 0 spiro atoms. The first-order valence-corrected chi connectivity index (χ1v) is 5.01. The van der Waals surface area contributed by atoms with E-state index in [-0.39, 0.29) is 5.91 Å². The van der Waals surface area contributed by atoms with Gasteiger partial charge in [0.2, 0.25) is 5.91 Å². The fraction of sp³-hybridized carbons (Fsp3) is 0.125. The maximum atomic E-state index is 10.7. The Labute approximate surface area is 87.4 Å². The molecule has 2 nitrogen and oxygen atoms in total. The van der Waals surface area contributed by atoms with Gasteiger partial charge < -0.3 is 5.73 Å². The van der Waals surface area contributed by atoms with Crippen LogP contribution in [0.1, 0.15) is 10.4 Å². The standard InChI is InChI=1S/C8H7Br2NO/c9-6-3-1-5(2-4-6)7(10)8(11)12/h1-4,7H,(H2,11,12). The summed E-state index contributed by atoms with van der Waals surface area (Å²) in [6.45, 7) is 0. The molecule has 0 saturated carbocycles. The van der Waals surface area contributed by atoms with Gasteiger partial charge in [0.25, 0.3) is 0 Å².